The molecule has 1 saturated carbocycles. The van der Waals surface area contributed by atoms with E-state index in [1.165, 1.54) is 36.8 Å². The summed E-state index contributed by atoms with van der Waals surface area (Å²) in [6.45, 7) is 2.08. The van der Waals surface area contributed by atoms with E-state index in [0.717, 1.165) is 25.6 Å². The standard InChI is InChI=1S/C15H19NO2/c17-15(18)12-5-6-13-10-16(8-7-11(13)9-12)14-3-1-2-4-14/h5-6,9,14H,1-4,7-8,10H2,(H,17,18). The smallest absolute Gasteiger partial charge is 0.335 e. The molecule has 2 aliphatic rings. The van der Waals surface area contributed by atoms with Gasteiger partial charge in [0.1, 0.15) is 0 Å². The largest absolute Gasteiger partial charge is 0.478 e. The Morgan fingerprint density at radius 3 is 2.72 bits per heavy atom. The van der Waals surface area contributed by atoms with Gasteiger partial charge < -0.3 is 5.11 Å². The SMILES string of the molecule is O=C(O)c1ccc2c(c1)CCN(C1CCCC1)C2. The van der Waals surface area contributed by atoms with Crippen molar-refractivity contribution in [2.24, 2.45) is 0 Å². The van der Waals surface area contributed by atoms with E-state index in [1.54, 1.807) is 6.07 Å². The van der Waals surface area contributed by atoms with Crippen LogP contribution < -0.4 is 0 Å². The zero-order valence-corrected chi connectivity index (χ0v) is 10.6. The lowest BCUT2D eigenvalue weighted by molar-refractivity contribution is 0.0696. The molecule has 1 N–H and O–H groups in total. The Labute approximate surface area is 107 Å². The van der Waals surface area contributed by atoms with Crippen LogP contribution in [0.5, 0.6) is 0 Å². The van der Waals surface area contributed by atoms with Gasteiger partial charge in [0, 0.05) is 19.1 Å². The summed E-state index contributed by atoms with van der Waals surface area (Å²) < 4.78 is 0. The van der Waals surface area contributed by atoms with Crippen LogP contribution in [-0.4, -0.2) is 28.6 Å². The highest BCUT2D eigenvalue weighted by molar-refractivity contribution is 5.87. The summed E-state index contributed by atoms with van der Waals surface area (Å²) in [4.78, 5) is 13.5. The van der Waals surface area contributed by atoms with Crippen molar-refractivity contribution in [2.45, 2.75) is 44.7 Å². The number of fused-ring (bicyclic) bond motifs is 1. The predicted octanol–water partition coefficient (Wildman–Crippen LogP) is 2.69. The van der Waals surface area contributed by atoms with Crippen molar-refractivity contribution >= 4 is 5.97 Å². The van der Waals surface area contributed by atoms with Crippen LogP contribution in [0.25, 0.3) is 0 Å². The first-order chi connectivity index (χ1) is 8.74. The average molecular weight is 245 g/mol. The van der Waals surface area contributed by atoms with E-state index in [-0.39, 0.29) is 0 Å². The highest BCUT2D eigenvalue weighted by Crippen LogP contribution is 2.29. The maximum atomic E-state index is 10.9. The molecule has 1 aromatic rings. The minimum Gasteiger partial charge on any atom is -0.478 e. The van der Waals surface area contributed by atoms with Gasteiger partial charge >= 0.3 is 5.97 Å². The number of carbonyl (C=O) groups is 1. The normalized spacial score (nSPS) is 20.9. The van der Waals surface area contributed by atoms with E-state index >= 15 is 0 Å². The molecule has 0 radical (unpaired) electrons. The van der Waals surface area contributed by atoms with Crippen LogP contribution in [0.2, 0.25) is 0 Å². The van der Waals surface area contributed by atoms with Crippen LogP contribution in [0.1, 0.15) is 47.2 Å². The van der Waals surface area contributed by atoms with E-state index in [2.05, 4.69) is 4.90 Å². The molecule has 1 aliphatic carbocycles. The minimum atomic E-state index is -0.823. The van der Waals surface area contributed by atoms with Gasteiger partial charge in [0.25, 0.3) is 0 Å². The van der Waals surface area contributed by atoms with Crippen molar-refractivity contribution in [3.05, 3.63) is 34.9 Å². The molecule has 0 bridgehead atoms. The number of nitrogens with zero attached hydrogens (tertiary/aromatic N) is 1. The Bertz CT molecular complexity index is 464. The third kappa shape index (κ3) is 2.15. The maximum Gasteiger partial charge on any atom is 0.335 e. The molecule has 96 valence electrons. The number of aromatic carboxylic acids is 1. The molecule has 3 nitrogen and oxygen atoms in total. The van der Waals surface area contributed by atoms with E-state index in [4.69, 9.17) is 5.11 Å². The number of carboxylic acid groups (broad SMARTS) is 1. The molecule has 0 atom stereocenters. The number of benzene rings is 1. The van der Waals surface area contributed by atoms with Crippen molar-refractivity contribution in [3.8, 4) is 0 Å². The van der Waals surface area contributed by atoms with Gasteiger partial charge in [0.05, 0.1) is 5.56 Å². The Morgan fingerprint density at radius 1 is 1.22 bits per heavy atom. The zero-order chi connectivity index (χ0) is 12.5. The summed E-state index contributed by atoms with van der Waals surface area (Å²) >= 11 is 0. The first-order valence-electron chi connectivity index (χ1n) is 6.83. The van der Waals surface area contributed by atoms with Crippen LogP contribution in [0.15, 0.2) is 18.2 Å². The quantitative estimate of drug-likeness (QED) is 0.871. The summed E-state index contributed by atoms with van der Waals surface area (Å²) in [5.41, 5.74) is 2.96. The molecule has 1 aromatic carbocycles. The van der Waals surface area contributed by atoms with E-state index < -0.39 is 5.97 Å². The van der Waals surface area contributed by atoms with Crippen molar-refractivity contribution in [1.82, 2.24) is 4.90 Å². The van der Waals surface area contributed by atoms with Gasteiger partial charge in [-0.15, -0.1) is 0 Å². The fraction of sp³-hybridized carbons (Fsp3) is 0.533. The first kappa shape index (κ1) is 11.7. The van der Waals surface area contributed by atoms with Crippen LogP contribution in [0.4, 0.5) is 0 Å². The molecular weight excluding hydrogens is 226 g/mol. The molecule has 3 heteroatoms. The highest BCUT2D eigenvalue weighted by Gasteiger charge is 2.26. The topological polar surface area (TPSA) is 40.5 Å². The summed E-state index contributed by atoms with van der Waals surface area (Å²) in [5.74, 6) is -0.823. The average Bonchev–Trinajstić information content (AvgIpc) is 2.91. The van der Waals surface area contributed by atoms with Crippen LogP contribution in [0.3, 0.4) is 0 Å². The monoisotopic (exact) mass is 245 g/mol. The molecule has 0 saturated heterocycles. The summed E-state index contributed by atoms with van der Waals surface area (Å²) in [6.07, 6.45) is 6.40. The second-order valence-corrected chi connectivity index (χ2v) is 5.45. The fourth-order valence-electron chi connectivity index (χ4n) is 3.29. The van der Waals surface area contributed by atoms with Gasteiger partial charge in [-0.25, -0.2) is 4.79 Å². The molecule has 1 heterocycles. The number of hydrogen-bond donors (Lipinski definition) is 1. The maximum absolute atomic E-state index is 10.9. The first-order valence-corrected chi connectivity index (χ1v) is 6.83. The third-order valence-electron chi connectivity index (χ3n) is 4.34. The minimum absolute atomic E-state index is 0.420. The Hall–Kier alpha value is -1.35. The molecule has 0 aromatic heterocycles. The number of carboxylic acids is 1. The Balaban J connectivity index is 1.78. The summed E-state index contributed by atoms with van der Waals surface area (Å²) in [5, 5.41) is 9.00. The van der Waals surface area contributed by atoms with Gasteiger partial charge in [-0.1, -0.05) is 18.9 Å². The molecule has 1 fully saturated rings. The predicted molar refractivity (Wildman–Crippen MR) is 69.8 cm³/mol. The second kappa shape index (κ2) is 4.73. The van der Waals surface area contributed by atoms with Gasteiger partial charge in [0.2, 0.25) is 0 Å². The van der Waals surface area contributed by atoms with Gasteiger partial charge in [0.15, 0.2) is 0 Å². The number of hydrogen-bond acceptors (Lipinski definition) is 2. The van der Waals surface area contributed by atoms with Crippen LogP contribution >= 0.6 is 0 Å². The molecule has 0 unspecified atom stereocenters. The van der Waals surface area contributed by atoms with Gasteiger partial charge in [-0.2, -0.15) is 0 Å². The molecule has 18 heavy (non-hydrogen) atoms. The molecule has 0 spiro atoms. The zero-order valence-electron chi connectivity index (χ0n) is 10.6. The van der Waals surface area contributed by atoms with E-state index in [1.807, 2.05) is 12.1 Å². The van der Waals surface area contributed by atoms with Gasteiger partial charge in [-0.05, 0) is 42.5 Å². The van der Waals surface area contributed by atoms with Crippen molar-refractivity contribution in [2.75, 3.05) is 6.54 Å². The lowest BCUT2D eigenvalue weighted by Gasteiger charge is -2.33. The highest BCUT2D eigenvalue weighted by atomic mass is 16.4. The molecule has 3 rings (SSSR count). The van der Waals surface area contributed by atoms with Gasteiger partial charge in [-0.3, -0.25) is 4.90 Å². The third-order valence-corrected chi connectivity index (χ3v) is 4.34. The summed E-state index contributed by atoms with van der Waals surface area (Å²) in [7, 11) is 0. The molecule has 0 amide bonds. The van der Waals surface area contributed by atoms with E-state index in [9.17, 15) is 4.79 Å². The molecule has 1 aliphatic heterocycles. The lowest BCUT2D eigenvalue weighted by Crippen LogP contribution is -2.37. The lowest BCUT2D eigenvalue weighted by atomic mass is 9.96. The Morgan fingerprint density at radius 2 is 2.00 bits per heavy atom. The summed E-state index contributed by atoms with van der Waals surface area (Å²) in [6, 6.07) is 6.35. The fourth-order valence-corrected chi connectivity index (χ4v) is 3.29. The Kier molecular flexibility index (Phi) is 3.08. The number of rotatable bonds is 2. The van der Waals surface area contributed by atoms with Crippen molar-refractivity contribution < 1.29 is 9.90 Å². The van der Waals surface area contributed by atoms with Crippen molar-refractivity contribution in [3.63, 3.8) is 0 Å². The van der Waals surface area contributed by atoms with E-state index in [0.29, 0.717) is 5.56 Å². The van der Waals surface area contributed by atoms with Crippen LogP contribution in [0, 0.1) is 0 Å². The van der Waals surface area contributed by atoms with Crippen LogP contribution in [-0.2, 0) is 13.0 Å². The molecular formula is C15H19NO2. The van der Waals surface area contributed by atoms with Crippen molar-refractivity contribution in [1.29, 1.82) is 0 Å². The second-order valence-electron chi connectivity index (χ2n) is 5.45.